The minimum Gasteiger partial charge on any atom is -0.355 e. The predicted octanol–water partition coefficient (Wildman–Crippen LogP) is 2.78. The Hall–Kier alpha value is -1.06. The van der Waals surface area contributed by atoms with Crippen LogP contribution in [0.5, 0.6) is 0 Å². The summed E-state index contributed by atoms with van der Waals surface area (Å²) < 4.78 is 2.16. The van der Waals surface area contributed by atoms with E-state index in [1.807, 2.05) is 30.5 Å². The van der Waals surface area contributed by atoms with E-state index in [2.05, 4.69) is 55.9 Å². The van der Waals surface area contributed by atoms with Gasteiger partial charge in [-0.3, -0.25) is 9.89 Å². The van der Waals surface area contributed by atoms with Crippen molar-refractivity contribution in [3.05, 3.63) is 46.4 Å². The molecule has 3 rings (SSSR count). The van der Waals surface area contributed by atoms with Gasteiger partial charge in [-0.25, -0.2) is 0 Å². The maximum atomic E-state index is 4.32. The number of guanidine groups is 1. The average Bonchev–Trinajstić information content (AvgIpc) is 3.28. The second-order valence-electron chi connectivity index (χ2n) is 6.24. The SMILES string of the molecule is CN=C(NCCn1cccc1)NCC(C)N1CCc2sccc2C1.I. The van der Waals surface area contributed by atoms with Crippen molar-refractivity contribution >= 4 is 41.3 Å². The second-order valence-corrected chi connectivity index (χ2v) is 7.24. The Labute approximate surface area is 171 Å². The van der Waals surface area contributed by atoms with Crippen molar-refractivity contribution in [2.24, 2.45) is 4.99 Å². The van der Waals surface area contributed by atoms with E-state index in [1.54, 1.807) is 4.88 Å². The summed E-state index contributed by atoms with van der Waals surface area (Å²) >= 11 is 1.90. The van der Waals surface area contributed by atoms with Crippen LogP contribution >= 0.6 is 35.3 Å². The third-order valence-corrected chi connectivity index (χ3v) is 5.60. The van der Waals surface area contributed by atoms with E-state index in [0.29, 0.717) is 6.04 Å². The van der Waals surface area contributed by atoms with E-state index in [9.17, 15) is 0 Å². The van der Waals surface area contributed by atoms with Crippen molar-refractivity contribution < 1.29 is 0 Å². The summed E-state index contributed by atoms with van der Waals surface area (Å²) in [7, 11) is 1.83. The van der Waals surface area contributed by atoms with Gasteiger partial charge < -0.3 is 15.2 Å². The number of aromatic nitrogens is 1. The van der Waals surface area contributed by atoms with Gasteiger partial charge in [0.25, 0.3) is 0 Å². The molecule has 1 aliphatic heterocycles. The normalized spacial score (nSPS) is 16.0. The zero-order valence-corrected chi connectivity index (χ0v) is 18.1. The number of thiophene rings is 1. The molecule has 0 aromatic carbocycles. The van der Waals surface area contributed by atoms with Gasteiger partial charge in [0.15, 0.2) is 5.96 Å². The van der Waals surface area contributed by atoms with E-state index >= 15 is 0 Å². The highest BCUT2D eigenvalue weighted by molar-refractivity contribution is 14.0. The first-order valence-electron chi connectivity index (χ1n) is 8.61. The minimum absolute atomic E-state index is 0. The van der Waals surface area contributed by atoms with Crippen LogP contribution in [-0.4, -0.2) is 48.2 Å². The number of fused-ring (bicyclic) bond motifs is 1. The Balaban J connectivity index is 0.00000225. The Morgan fingerprint density at radius 1 is 1.32 bits per heavy atom. The lowest BCUT2D eigenvalue weighted by Gasteiger charge is -2.32. The van der Waals surface area contributed by atoms with Gasteiger partial charge in [0, 0.05) is 63.1 Å². The fourth-order valence-corrected chi connectivity index (χ4v) is 3.95. The standard InChI is InChI=1S/C18H27N5S.HI/c1-15(23-10-5-17-16(14-23)6-12-24-17)13-21-18(19-2)20-7-11-22-8-3-4-9-22;/h3-4,6,8-9,12,15H,5,7,10-11,13-14H2,1-2H3,(H2,19,20,21);1H. The number of nitrogens with one attached hydrogen (secondary N) is 2. The Bertz CT molecular complexity index is 652. The van der Waals surface area contributed by atoms with Gasteiger partial charge in [-0.15, -0.1) is 35.3 Å². The summed E-state index contributed by atoms with van der Waals surface area (Å²) in [6.45, 7) is 7.22. The van der Waals surface area contributed by atoms with Crippen LogP contribution in [0.15, 0.2) is 41.0 Å². The number of halogens is 1. The highest BCUT2D eigenvalue weighted by atomic mass is 127. The fourth-order valence-electron chi connectivity index (χ4n) is 3.06. The van der Waals surface area contributed by atoms with E-state index in [4.69, 9.17) is 0 Å². The Morgan fingerprint density at radius 3 is 2.88 bits per heavy atom. The van der Waals surface area contributed by atoms with Gasteiger partial charge in [0.2, 0.25) is 0 Å². The lowest BCUT2D eigenvalue weighted by atomic mass is 10.1. The zero-order chi connectivity index (χ0) is 16.8. The highest BCUT2D eigenvalue weighted by Crippen LogP contribution is 2.24. The maximum Gasteiger partial charge on any atom is 0.191 e. The third-order valence-electron chi connectivity index (χ3n) is 4.58. The van der Waals surface area contributed by atoms with Crippen molar-refractivity contribution in [2.75, 3.05) is 26.7 Å². The van der Waals surface area contributed by atoms with Crippen molar-refractivity contribution in [3.63, 3.8) is 0 Å². The molecule has 0 radical (unpaired) electrons. The van der Waals surface area contributed by atoms with Crippen molar-refractivity contribution in [2.45, 2.75) is 32.5 Å². The third kappa shape index (κ3) is 5.72. The van der Waals surface area contributed by atoms with Crippen LogP contribution in [0.4, 0.5) is 0 Å². The molecular formula is C18H28IN5S. The van der Waals surface area contributed by atoms with Gasteiger partial charge in [-0.05, 0) is 42.5 Å². The molecule has 0 amide bonds. The molecule has 0 saturated heterocycles. The lowest BCUT2D eigenvalue weighted by molar-refractivity contribution is 0.192. The topological polar surface area (TPSA) is 44.6 Å². The molecule has 0 spiro atoms. The maximum absolute atomic E-state index is 4.32. The molecule has 0 aliphatic carbocycles. The van der Waals surface area contributed by atoms with Crippen molar-refractivity contribution in [3.8, 4) is 0 Å². The molecule has 7 heteroatoms. The van der Waals surface area contributed by atoms with Crippen molar-refractivity contribution in [1.29, 1.82) is 0 Å². The van der Waals surface area contributed by atoms with Gasteiger partial charge >= 0.3 is 0 Å². The van der Waals surface area contributed by atoms with E-state index in [-0.39, 0.29) is 24.0 Å². The smallest absolute Gasteiger partial charge is 0.191 e. The lowest BCUT2D eigenvalue weighted by Crippen LogP contribution is -2.47. The summed E-state index contributed by atoms with van der Waals surface area (Å²) in [6, 6.07) is 6.85. The number of nitrogens with zero attached hydrogens (tertiary/aromatic N) is 3. The van der Waals surface area contributed by atoms with Crippen LogP contribution in [0.2, 0.25) is 0 Å². The molecule has 138 valence electrons. The highest BCUT2D eigenvalue weighted by Gasteiger charge is 2.21. The molecular weight excluding hydrogens is 445 g/mol. The monoisotopic (exact) mass is 473 g/mol. The summed E-state index contributed by atoms with van der Waals surface area (Å²) in [4.78, 5) is 8.43. The number of hydrogen-bond acceptors (Lipinski definition) is 3. The summed E-state index contributed by atoms with van der Waals surface area (Å²) in [5.74, 6) is 0.877. The zero-order valence-electron chi connectivity index (χ0n) is 14.9. The summed E-state index contributed by atoms with van der Waals surface area (Å²) in [5.41, 5.74) is 1.51. The van der Waals surface area contributed by atoms with E-state index < -0.39 is 0 Å². The average molecular weight is 473 g/mol. The first-order chi connectivity index (χ1) is 11.8. The van der Waals surface area contributed by atoms with Gasteiger partial charge in [-0.1, -0.05) is 0 Å². The molecule has 0 fully saturated rings. The molecule has 3 heterocycles. The molecule has 5 nitrogen and oxygen atoms in total. The second kappa shape index (κ2) is 10.2. The van der Waals surface area contributed by atoms with Crippen LogP contribution in [0.3, 0.4) is 0 Å². The van der Waals surface area contributed by atoms with Gasteiger partial charge in [0.05, 0.1) is 0 Å². The molecule has 25 heavy (non-hydrogen) atoms. The van der Waals surface area contributed by atoms with Crippen LogP contribution < -0.4 is 10.6 Å². The molecule has 1 unspecified atom stereocenters. The largest absolute Gasteiger partial charge is 0.355 e. The number of hydrogen-bond donors (Lipinski definition) is 2. The molecule has 2 N–H and O–H groups in total. The molecule has 2 aromatic heterocycles. The summed E-state index contributed by atoms with van der Waals surface area (Å²) in [6.07, 6.45) is 5.34. The molecule has 0 bridgehead atoms. The fraction of sp³-hybridized carbons (Fsp3) is 0.500. The number of rotatable bonds is 6. The molecule has 1 atom stereocenters. The van der Waals surface area contributed by atoms with Crippen LogP contribution in [0.25, 0.3) is 0 Å². The Morgan fingerprint density at radius 2 is 2.12 bits per heavy atom. The Kier molecular flexibility index (Phi) is 8.25. The van der Waals surface area contributed by atoms with Gasteiger partial charge in [-0.2, -0.15) is 0 Å². The molecule has 1 aliphatic rings. The minimum atomic E-state index is 0. The number of aliphatic imine (C=N–C) groups is 1. The predicted molar refractivity (Wildman–Crippen MR) is 117 cm³/mol. The van der Waals surface area contributed by atoms with Crippen LogP contribution in [0.1, 0.15) is 17.4 Å². The summed E-state index contributed by atoms with van der Waals surface area (Å²) in [5, 5.41) is 9.05. The first-order valence-corrected chi connectivity index (χ1v) is 9.49. The van der Waals surface area contributed by atoms with Crippen molar-refractivity contribution in [1.82, 2.24) is 20.1 Å². The van der Waals surface area contributed by atoms with E-state index in [1.165, 1.54) is 12.0 Å². The molecule has 0 saturated carbocycles. The quantitative estimate of drug-likeness (QED) is 0.386. The van der Waals surface area contributed by atoms with Gasteiger partial charge in [0.1, 0.15) is 0 Å². The van der Waals surface area contributed by atoms with E-state index in [0.717, 1.165) is 38.7 Å². The van der Waals surface area contributed by atoms with Crippen LogP contribution in [0, 0.1) is 0 Å². The molecule has 2 aromatic rings. The van der Waals surface area contributed by atoms with Crippen LogP contribution in [-0.2, 0) is 19.5 Å². The first kappa shape index (κ1) is 20.3.